The maximum absolute atomic E-state index is 4.54. The van der Waals surface area contributed by atoms with Gasteiger partial charge >= 0.3 is 0 Å². The summed E-state index contributed by atoms with van der Waals surface area (Å²) in [4.78, 5) is 10.1. The lowest BCUT2D eigenvalue weighted by molar-refractivity contribution is 0.520. The van der Waals surface area contributed by atoms with E-state index in [1.165, 1.54) is 19.3 Å². The third-order valence-corrected chi connectivity index (χ3v) is 4.05. The van der Waals surface area contributed by atoms with Crippen molar-refractivity contribution >= 4 is 27.4 Å². The van der Waals surface area contributed by atoms with Crippen LogP contribution in [0.4, 0.5) is 5.82 Å². The zero-order chi connectivity index (χ0) is 13.8. The van der Waals surface area contributed by atoms with Crippen molar-refractivity contribution in [3.63, 3.8) is 0 Å². The molecule has 1 N–H and O–H groups in total. The van der Waals surface area contributed by atoms with E-state index in [0.29, 0.717) is 6.04 Å². The van der Waals surface area contributed by atoms with Crippen molar-refractivity contribution in [1.29, 1.82) is 0 Å². The van der Waals surface area contributed by atoms with Crippen molar-refractivity contribution in [2.75, 3.05) is 5.32 Å². The van der Waals surface area contributed by atoms with Gasteiger partial charge in [0.05, 0.1) is 5.39 Å². The van der Waals surface area contributed by atoms with Gasteiger partial charge < -0.3 is 5.32 Å². The van der Waals surface area contributed by atoms with E-state index in [0.717, 1.165) is 27.8 Å². The second-order valence-corrected chi connectivity index (χ2v) is 6.52. The number of aryl methyl sites for hydroxylation is 1. The molecule has 0 saturated heterocycles. The van der Waals surface area contributed by atoms with Crippen LogP contribution < -0.4 is 5.32 Å². The van der Waals surface area contributed by atoms with Crippen LogP contribution in [0.2, 0.25) is 0 Å². The largest absolute Gasteiger partial charge is 0.367 e. The van der Waals surface area contributed by atoms with Gasteiger partial charge in [0.1, 0.15) is 16.5 Å². The molecule has 0 aliphatic rings. The third kappa shape index (κ3) is 3.90. The van der Waals surface area contributed by atoms with Gasteiger partial charge in [0.2, 0.25) is 0 Å². The number of nitrogens with one attached hydrogen (secondary N) is 1. The highest BCUT2D eigenvalue weighted by atomic mass is 32.1. The minimum atomic E-state index is 0.455. The van der Waals surface area contributed by atoms with Gasteiger partial charge in [-0.1, -0.05) is 26.7 Å². The molecule has 0 aromatic carbocycles. The Morgan fingerprint density at radius 2 is 2.00 bits per heavy atom. The van der Waals surface area contributed by atoms with E-state index in [9.17, 15) is 0 Å². The molecular formula is C15H23N3S. The van der Waals surface area contributed by atoms with Gasteiger partial charge in [0.15, 0.2) is 0 Å². The minimum absolute atomic E-state index is 0.455. The zero-order valence-corrected chi connectivity index (χ0v) is 13.0. The Morgan fingerprint density at radius 1 is 1.21 bits per heavy atom. The smallest absolute Gasteiger partial charge is 0.138 e. The van der Waals surface area contributed by atoms with Crippen molar-refractivity contribution in [3.8, 4) is 0 Å². The van der Waals surface area contributed by atoms with Crippen molar-refractivity contribution in [2.24, 2.45) is 5.92 Å². The van der Waals surface area contributed by atoms with E-state index in [4.69, 9.17) is 0 Å². The summed E-state index contributed by atoms with van der Waals surface area (Å²) in [5.41, 5.74) is 0. The summed E-state index contributed by atoms with van der Waals surface area (Å²) in [6.07, 6.45) is 3.75. The molecule has 19 heavy (non-hydrogen) atoms. The van der Waals surface area contributed by atoms with Gasteiger partial charge in [0, 0.05) is 6.04 Å². The standard InChI is InChI=1S/C15H23N3S/c1-10(2)6-5-7-11(3)16-14-13-8-9-19-15(13)18-12(4)17-14/h8-11H,5-7H2,1-4H3,(H,16,17,18). The molecule has 1 atom stereocenters. The van der Waals surface area contributed by atoms with Gasteiger partial charge in [-0.2, -0.15) is 0 Å². The summed E-state index contributed by atoms with van der Waals surface area (Å²) < 4.78 is 0. The summed E-state index contributed by atoms with van der Waals surface area (Å²) >= 11 is 1.67. The Balaban J connectivity index is 2.02. The first-order valence-corrected chi connectivity index (χ1v) is 7.92. The summed E-state index contributed by atoms with van der Waals surface area (Å²) in [6.45, 7) is 8.74. The van der Waals surface area contributed by atoms with Gasteiger partial charge in [-0.15, -0.1) is 11.3 Å². The van der Waals surface area contributed by atoms with E-state index in [1.54, 1.807) is 11.3 Å². The van der Waals surface area contributed by atoms with Crippen LogP contribution in [0.5, 0.6) is 0 Å². The van der Waals surface area contributed by atoms with Crippen LogP contribution in [0.1, 0.15) is 45.9 Å². The summed E-state index contributed by atoms with van der Waals surface area (Å²) in [5, 5.41) is 6.76. The quantitative estimate of drug-likeness (QED) is 0.836. The van der Waals surface area contributed by atoms with E-state index >= 15 is 0 Å². The molecule has 2 aromatic rings. The maximum atomic E-state index is 4.54. The first kappa shape index (κ1) is 14.3. The third-order valence-electron chi connectivity index (χ3n) is 3.24. The first-order valence-electron chi connectivity index (χ1n) is 7.04. The fraction of sp³-hybridized carbons (Fsp3) is 0.600. The first-order chi connectivity index (χ1) is 9.06. The highest BCUT2D eigenvalue weighted by Gasteiger charge is 2.09. The number of aromatic nitrogens is 2. The van der Waals surface area contributed by atoms with Crippen molar-refractivity contribution in [2.45, 2.75) is 53.0 Å². The highest BCUT2D eigenvalue weighted by molar-refractivity contribution is 7.16. The van der Waals surface area contributed by atoms with Gasteiger partial charge in [-0.25, -0.2) is 9.97 Å². The van der Waals surface area contributed by atoms with E-state index in [2.05, 4.69) is 47.5 Å². The molecule has 2 heterocycles. The minimum Gasteiger partial charge on any atom is -0.367 e. The number of fused-ring (bicyclic) bond motifs is 1. The Kier molecular flexibility index (Phi) is 4.75. The average molecular weight is 277 g/mol. The average Bonchev–Trinajstić information content (AvgIpc) is 2.76. The van der Waals surface area contributed by atoms with Crippen LogP contribution in [0, 0.1) is 12.8 Å². The van der Waals surface area contributed by atoms with Crippen molar-refractivity contribution < 1.29 is 0 Å². The van der Waals surface area contributed by atoms with Gasteiger partial charge in [0.25, 0.3) is 0 Å². The molecule has 3 nitrogen and oxygen atoms in total. The lowest BCUT2D eigenvalue weighted by Crippen LogP contribution is -2.16. The Labute approximate surface area is 119 Å². The number of anilines is 1. The molecule has 0 bridgehead atoms. The Bertz CT molecular complexity index is 533. The predicted octanol–water partition coefficient (Wildman–Crippen LogP) is 4.63. The molecule has 1 unspecified atom stereocenters. The topological polar surface area (TPSA) is 37.8 Å². The van der Waals surface area contributed by atoms with Gasteiger partial charge in [-0.3, -0.25) is 0 Å². The Hall–Kier alpha value is -1.16. The lowest BCUT2D eigenvalue weighted by atomic mass is 10.0. The van der Waals surface area contributed by atoms with E-state index < -0.39 is 0 Å². The molecule has 104 valence electrons. The van der Waals surface area contributed by atoms with E-state index in [1.807, 2.05) is 6.92 Å². The van der Waals surface area contributed by atoms with Crippen LogP contribution in [0.15, 0.2) is 11.4 Å². The van der Waals surface area contributed by atoms with E-state index in [-0.39, 0.29) is 0 Å². The molecule has 2 aromatic heterocycles. The van der Waals surface area contributed by atoms with Crippen LogP contribution in [-0.4, -0.2) is 16.0 Å². The second kappa shape index (κ2) is 6.33. The monoisotopic (exact) mass is 277 g/mol. The molecule has 0 spiro atoms. The van der Waals surface area contributed by atoms with Crippen molar-refractivity contribution in [1.82, 2.24) is 9.97 Å². The molecule has 0 radical (unpaired) electrons. The zero-order valence-electron chi connectivity index (χ0n) is 12.2. The fourth-order valence-corrected chi connectivity index (χ4v) is 3.02. The van der Waals surface area contributed by atoms with Crippen molar-refractivity contribution in [3.05, 3.63) is 17.3 Å². The molecule has 0 fully saturated rings. The predicted molar refractivity (Wildman–Crippen MR) is 83.9 cm³/mol. The second-order valence-electron chi connectivity index (χ2n) is 5.63. The number of hydrogen-bond donors (Lipinski definition) is 1. The molecule has 0 amide bonds. The van der Waals surface area contributed by atoms with Crippen LogP contribution in [0.3, 0.4) is 0 Å². The highest BCUT2D eigenvalue weighted by Crippen LogP contribution is 2.25. The number of hydrogen-bond acceptors (Lipinski definition) is 4. The number of thiophene rings is 1. The summed E-state index contributed by atoms with van der Waals surface area (Å²) in [7, 11) is 0. The summed E-state index contributed by atoms with van der Waals surface area (Å²) in [5.74, 6) is 2.62. The maximum Gasteiger partial charge on any atom is 0.138 e. The summed E-state index contributed by atoms with van der Waals surface area (Å²) in [6, 6.07) is 2.55. The Morgan fingerprint density at radius 3 is 2.74 bits per heavy atom. The number of nitrogens with zero attached hydrogens (tertiary/aromatic N) is 2. The molecule has 0 aliphatic carbocycles. The molecule has 0 aliphatic heterocycles. The number of rotatable bonds is 6. The normalized spacial score (nSPS) is 13.1. The fourth-order valence-electron chi connectivity index (χ4n) is 2.21. The van der Waals surface area contributed by atoms with Gasteiger partial charge in [-0.05, 0) is 37.6 Å². The SMILES string of the molecule is Cc1nc(NC(C)CCCC(C)C)c2ccsc2n1. The van der Waals surface area contributed by atoms with Crippen LogP contribution in [0.25, 0.3) is 10.2 Å². The molecule has 2 rings (SSSR count). The lowest BCUT2D eigenvalue weighted by Gasteiger charge is -2.16. The van der Waals surface area contributed by atoms with Crippen LogP contribution in [-0.2, 0) is 0 Å². The molecular weight excluding hydrogens is 254 g/mol. The molecule has 4 heteroatoms. The molecule has 0 saturated carbocycles. The van der Waals surface area contributed by atoms with Crippen LogP contribution >= 0.6 is 11.3 Å².